The molecule has 0 bridgehead atoms. The van der Waals surface area contributed by atoms with Crippen molar-refractivity contribution in [2.45, 2.75) is 32.0 Å². The van der Waals surface area contributed by atoms with E-state index in [0.717, 1.165) is 51.2 Å². The first kappa shape index (κ1) is 11.3. The number of hydrogen-bond donors (Lipinski definition) is 1. The predicted octanol–water partition coefficient (Wildman–Crippen LogP) is 1.36. The maximum absolute atomic E-state index is 5.56. The van der Waals surface area contributed by atoms with Gasteiger partial charge < -0.3 is 14.5 Å². The van der Waals surface area contributed by atoms with E-state index in [4.69, 9.17) is 9.15 Å². The standard InChI is InChI=1S/C13H20N2O2/c1-2-12(1)14-9-13-11(3-6-17-13)10-15-4-7-16-8-5-15/h3,6,12,14H,1-2,4-5,7-10H2. The third-order valence-corrected chi connectivity index (χ3v) is 3.46. The van der Waals surface area contributed by atoms with Crippen molar-refractivity contribution in [2.75, 3.05) is 26.3 Å². The number of furan rings is 1. The summed E-state index contributed by atoms with van der Waals surface area (Å²) in [6, 6.07) is 2.83. The lowest BCUT2D eigenvalue weighted by Gasteiger charge is -2.26. The first-order valence-corrected chi connectivity index (χ1v) is 6.50. The van der Waals surface area contributed by atoms with E-state index in [1.54, 1.807) is 6.26 Å². The lowest BCUT2D eigenvalue weighted by molar-refractivity contribution is 0.0339. The lowest BCUT2D eigenvalue weighted by atomic mass is 10.2. The molecule has 1 aromatic heterocycles. The van der Waals surface area contributed by atoms with Crippen molar-refractivity contribution in [1.82, 2.24) is 10.2 Å². The molecule has 1 aromatic rings. The zero-order chi connectivity index (χ0) is 11.5. The zero-order valence-corrected chi connectivity index (χ0v) is 10.2. The second-order valence-electron chi connectivity index (χ2n) is 4.91. The van der Waals surface area contributed by atoms with E-state index in [1.807, 2.05) is 0 Å². The SMILES string of the molecule is c1cc(CN2CCOCC2)c(CNC2CC2)o1. The van der Waals surface area contributed by atoms with Crippen molar-refractivity contribution in [3.8, 4) is 0 Å². The van der Waals surface area contributed by atoms with Crippen LogP contribution < -0.4 is 5.32 Å². The molecule has 1 saturated carbocycles. The first-order valence-electron chi connectivity index (χ1n) is 6.50. The van der Waals surface area contributed by atoms with Gasteiger partial charge in [0.2, 0.25) is 0 Å². The van der Waals surface area contributed by atoms with E-state index < -0.39 is 0 Å². The summed E-state index contributed by atoms with van der Waals surface area (Å²) in [7, 11) is 0. The average molecular weight is 236 g/mol. The highest BCUT2D eigenvalue weighted by Crippen LogP contribution is 2.21. The van der Waals surface area contributed by atoms with Crippen LogP contribution in [0.25, 0.3) is 0 Å². The fourth-order valence-corrected chi connectivity index (χ4v) is 2.19. The summed E-state index contributed by atoms with van der Waals surface area (Å²) in [6.07, 6.45) is 4.44. The van der Waals surface area contributed by atoms with Gasteiger partial charge in [0.1, 0.15) is 5.76 Å². The molecule has 0 spiro atoms. The summed E-state index contributed by atoms with van der Waals surface area (Å²) < 4.78 is 10.9. The molecule has 3 rings (SSSR count). The molecule has 2 heterocycles. The van der Waals surface area contributed by atoms with Gasteiger partial charge in [-0.05, 0) is 18.9 Å². The Kier molecular flexibility index (Phi) is 3.45. The van der Waals surface area contributed by atoms with Crippen molar-refractivity contribution in [2.24, 2.45) is 0 Å². The smallest absolute Gasteiger partial charge is 0.122 e. The summed E-state index contributed by atoms with van der Waals surface area (Å²) >= 11 is 0. The number of rotatable bonds is 5. The number of nitrogens with one attached hydrogen (secondary N) is 1. The molecule has 1 aliphatic carbocycles. The van der Waals surface area contributed by atoms with Crippen LogP contribution in [0.2, 0.25) is 0 Å². The number of nitrogens with zero attached hydrogens (tertiary/aromatic N) is 1. The monoisotopic (exact) mass is 236 g/mol. The van der Waals surface area contributed by atoms with Gasteiger partial charge in [-0.15, -0.1) is 0 Å². The summed E-state index contributed by atoms with van der Waals surface area (Å²) in [6.45, 7) is 5.63. The Hall–Kier alpha value is -0.840. The largest absolute Gasteiger partial charge is 0.468 e. The van der Waals surface area contributed by atoms with Crippen LogP contribution in [0.4, 0.5) is 0 Å². The van der Waals surface area contributed by atoms with Crippen LogP contribution in [0, 0.1) is 0 Å². The molecular weight excluding hydrogens is 216 g/mol. The van der Waals surface area contributed by atoms with Gasteiger partial charge in [-0.2, -0.15) is 0 Å². The molecule has 0 atom stereocenters. The van der Waals surface area contributed by atoms with Gasteiger partial charge in [0.15, 0.2) is 0 Å². The van der Waals surface area contributed by atoms with E-state index in [9.17, 15) is 0 Å². The summed E-state index contributed by atoms with van der Waals surface area (Å²) in [4.78, 5) is 2.43. The van der Waals surface area contributed by atoms with Gasteiger partial charge in [0.25, 0.3) is 0 Å². The lowest BCUT2D eigenvalue weighted by Crippen LogP contribution is -2.35. The third kappa shape index (κ3) is 3.09. The number of ether oxygens (including phenoxy) is 1. The van der Waals surface area contributed by atoms with Crippen LogP contribution in [0.15, 0.2) is 16.7 Å². The van der Waals surface area contributed by atoms with Gasteiger partial charge in [-0.3, -0.25) is 4.90 Å². The highest BCUT2D eigenvalue weighted by atomic mass is 16.5. The maximum Gasteiger partial charge on any atom is 0.122 e. The number of hydrogen-bond acceptors (Lipinski definition) is 4. The van der Waals surface area contributed by atoms with Crippen LogP contribution in [-0.4, -0.2) is 37.2 Å². The minimum Gasteiger partial charge on any atom is -0.468 e. The molecule has 2 aliphatic rings. The van der Waals surface area contributed by atoms with Gasteiger partial charge in [0, 0.05) is 31.2 Å². The molecule has 0 amide bonds. The minimum absolute atomic E-state index is 0.733. The van der Waals surface area contributed by atoms with Crippen LogP contribution in [0.1, 0.15) is 24.2 Å². The van der Waals surface area contributed by atoms with Gasteiger partial charge in [0.05, 0.1) is 26.0 Å². The molecule has 1 N–H and O–H groups in total. The summed E-state index contributed by atoms with van der Waals surface area (Å²) in [5.74, 6) is 1.10. The molecule has 4 nitrogen and oxygen atoms in total. The third-order valence-electron chi connectivity index (χ3n) is 3.46. The van der Waals surface area contributed by atoms with E-state index in [0.29, 0.717) is 0 Å². The van der Waals surface area contributed by atoms with Crippen molar-refractivity contribution < 1.29 is 9.15 Å². The molecule has 1 aliphatic heterocycles. The Morgan fingerprint density at radius 3 is 2.88 bits per heavy atom. The van der Waals surface area contributed by atoms with E-state index in [1.165, 1.54) is 18.4 Å². The molecule has 94 valence electrons. The van der Waals surface area contributed by atoms with Crippen molar-refractivity contribution >= 4 is 0 Å². The molecule has 17 heavy (non-hydrogen) atoms. The highest BCUT2D eigenvalue weighted by Gasteiger charge is 2.21. The van der Waals surface area contributed by atoms with Crippen LogP contribution in [-0.2, 0) is 17.8 Å². The van der Waals surface area contributed by atoms with Crippen molar-refractivity contribution in [3.05, 3.63) is 23.7 Å². The van der Waals surface area contributed by atoms with E-state index in [-0.39, 0.29) is 0 Å². The zero-order valence-electron chi connectivity index (χ0n) is 10.2. The normalized spacial score (nSPS) is 21.9. The Bertz CT molecular complexity index is 354. The Labute approximate surface area is 102 Å². The van der Waals surface area contributed by atoms with Gasteiger partial charge >= 0.3 is 0 Å². The fourth-order valence-electron chi connectivity index (χ4n) is 2.19. The van der Waals surface area contributed by atoms with E-state index in [2.05, 4.69) is 16.3 Å². The summed E-state index contributed by atoms with van der Waals surface area (Å²) in [5.41, 5.74) is 1.32. The second-order valence-corrected chi connectivity index (χ2v) is 4.91. The minimum atomic E-state index is 0.733. The second kappa shape index (κ2) is 5.21. The van der Waals surface area contributed by atoms with E-state index >= 15 is 0 Å². The van der Waals surface area contributed by atoms with Crippen LogP contribution >= 0.6 is 0 Å². The topological polar surface area (TPSA) is 37.6 Å². The Balaban J connectivity index is 1.55. The molecule has 1 saturated heterocycles. The van der Waals surface area contributed by atoms with Crippen LogP contribution in [0.3, 0.4) is 0 Å². The fraction of sp³-hybridized carbons (Fsp3) is 0.692. The Morgan fingerprint density at radius 2 is 2.12 bits per heavy atom. The van der Waals surface area contributed by atoms with Gasteiger partial charge in [-0.1, -0.05) is 0 Å². The number of morpholine rings is 1. The maximum atomic E-state index is 5.56. The van der Waals surface area contributed by atoms with Crippen LogP contribution in [0.5, 0.6) is 0 Å². The Morgan fingerprint density at radius 1 is 1.29 bits per heavy atom. The molecule has 0 unspecified atom stereocenters. The van der Waals surface area contributed by atoms with Crippen molar-refractivity contribution in [1.29, 1.82) is 0 Å². The molecule has 0 radical (unpaired) electrons. The predicted molar refractivity (Wildman–Crippen MR) is 64.7 cm³/mol. The molecule has 2 fully saturated rings. The molecule has 0 aromatic carbocycles. The average Bonchev–Trinajstić information content (AvgIpc) is 3.09. The highest BCUT2D eigenvalue weighted by molar-refractivity contribution is 5.17. The first-order chi connectivity index (χ1) is 8.42. The van der Waals surface area contributed by atoms with Crippen molar-refractivity contribution in [3.63, 3.8) is 0 Å². The summed E-state index contributed by atoms with van der Waals surface area (Å²) in [5, 5.41) is 3.50. The molecule has 4 heteroatoms. The molecular formula is C13H20N2O2. The van der Waals surface area contributed by atoms with Gasteiger partial charge in [-0.25, -0.2) is 0 Å². The quantitative estimate of drug-likeness (QED) is 0.837.